The molecular formula is C115H79BrN10. The SMILES string of the molecule is Brc1ccc(-c2nc(-c3ccccc3)cc(-c3ccccc3)n2)cc1.C.c1ccc(-c2cc(-c3ccccc3)nc(-c3ccc(-n4c5ccccc5c5ccc(-c6ccc7c8ccccc8n(-c8ccc(-c9nc(-c%10ccccc%10)cc(-c%10ccccc%10)n9)cc8)c7c6)cc54)cc3)n2)cc1.c1ccc2c(c1)[nH]c1cc(-c3ccc4c(c3)[nH]c3ccccc34)ccc12. The molecule has 0 bridgehead atoms. The third-order valence-electron chi connectivity index (χ3n) is 23.5. The summed E-state index contributed by atoms with van der Waals surface area (Å²) in [6.07, 6.45) is 0. The van der Waals surface area contributed by atoms with E-state index < -0.39 is 0 Å². The third kappa shape index (κ3) is 15.0. The summed E-state index contributed by atoms with van der Waals surface area (Å²) < 4.78 is 5.81. The first kappa shape index (κ1) is 77.0. The third-order valence-corrected chi connectivity index (χ3v) is 24.0. The molecule has 0 aliphatic carbocycles. The fourth-order valence-electron chi connectivity index (χ4n) is 17.3. The van der Waals surface area contributed by atoms with Gasteiger partial charge < -0.3 is 19.1 Å². The Morgan fingerprint density at radius 2 is 0.405 bits per heavy atom. The highest BCUT2D eigenvalue weighted by Crippen LogP contribution is 2.42. The van der Waals surface area contributed by atoms with Gasteiger partial charge in [-0.2, -0.15) is 0 Å². The normalized spacial score (nSPS) is 11.3. The summed E-state index contributed by atoms with van der Waals surface area (Å²) in [5.74, 6) is 2.10. The molecule has 7 heterocycles. The van der Waals surface area contributed by atoms with Gasteiger partial charge in [0.05, 0.1) is 56.2 Å². The van der Waals surface area contributed by atoms with Gasteiger partial charge in [-0.05, 0) is 150 Å². The fourth-order valence-corrected chi connectivity index (χ4v) is 17.6. The lowest BCUT2D eigenvalue weighted by molar-refractivity contribution is 1.16. The highest BCUT2D eigenvalue weighted by molar-refractivity contribution is 9.10. The molecule has 0 amide bonds. The summed E-state index contributed by atoms with van der Waals surface area (Å²) in [7, 11) is 0. The Labute approximate surface area is 737 Å². The smallest absolute Gasteiger partial charge is 0.160 e. The van der Waals surface area contributed by atoms with Crippen LogP contribution in [0.15, 0.2) is 447 Å². The standard InChI is InChI=1S/C68H44N6.C24H16N2.C22H15BrN2.CH4/c1-5-17-45(18-6-1)59-43-60(46-19-7-2-8-20-46)70-67(69-59)49-29-35-53(36-30-49)73-63-27-15-13-25-55(63)57-39-33-51(41-65(57)73)52-34-40-58-56-26-14-16-28-64(56)74(66(58)42-52)54-37-31-50(32-38-54)68-71-61(47-21-9-3-10-22-47)44-62(72-68)48-23-11-4-12-24-48;1-3-7-21-17(5-1)19-11-9-15(13-23(19)25-21)16-10-12-20-18-6-2-4-8-22(18)26-24(20)14-16;23-19-13-11-18(12-14-19)22-24-20(16-7-3-1-4-8-16)15-21(25-22)17-9-5-2-6-10-17;/h1-44H;1-14,25-26H;1-15H;1H4. The van der Waals surface area contributed by atoms with E-state index in [4.69, 9.17) is 29.9 Å². The molecule has 0 fully saturated rings. The molecule has 596 valence electrons. The van der Waals surface area contributed by atoms with Crippen molar-refractivity contribution in [3.05, 3.63) is 447 Å². The predicted octanol–water partition coefficient (Wildman–Crippen LogP) is 30.6. The van der Waals surface area contributed by atoms with Crippen molar-refractivity contribution in [3.63, 3.8) is 0 Å². The molecule has 24 rings (SSSR count). The van der Waals surface area contributed by atoms with Crippen LogP contribution in [0.2, 0.25) is 0 Å². The van der Waals surface area contributed by atoms with E-state index >= 15 is 0 Å². The van der Waals surface area contributed by atoms with Crippen molar-refractivity contribution in [2.24, 2.45) is 0 Å². The van der Waals surface area contributed by atoms with Crippen LogP contribution in [0, 0.1) is 0 Å². The summed E-state index contributed by atoms with van der Waals surface area (Å²) >= 11 is 3.48. The van der Waals surface area contributed by atoms with Gasteiger partial charge in [0.25, 0.3) is 0 Å². The van der Waals surface area contributed by atoms with Gasteiger partial charge in [0.2, 0.25) is 0 Å². The molecule has 7 aromatic heterocycles. The lowest BCUT2D eigenvalue weighted by atomic mass is 10.0. The van der Waals surface area contributed by atoms with Crippen molar-refractivity contribution in [2.75, 3.05) is 0 Å². The van der Waals surface area contributed by atoms with Crippen LogP contribution in [0.3, 0.4) is 0 Å². The number of nitrogens with zero attached hydrogens (tertiary/aromatic N) is 8. The van der Waals surface area contributed by atoms with E-state index in [1.165, 1.54) is 76.3 Å². The van der Waals surface area contributed by atoms with Gasteiger partial charge in [-0.25, -0.2) is 29.9 Å². The maximum absolute atomic E-state index is 5.11. The minimum Gasteiger partial charge on any atom is -0.354 e. The largest absolute Gasteiger partial charge is 0.354 e. The van der Waals surface area contributed by atoms with Gasteiger partial charge in [0.15, 0.2) is 17.5 Å². The van der Waals surface area contributed by atoms with Gasteiger partial charge >= 0.3 is 0 Å². The van der Waals surface area contributed by atoms with Gasteiger partial charge in [0.1, 0.15) is 0 Å². The number of benzene rings is 17. The zero-order valence-electron chi connectivity index (χ0n) is 67.6. The van der Waals surface area contributed by atoms with Gasteiger partial charge in [-0.15, -0.1) is 0 Å². The van der Waals surface area contributed by atoms with E-state index in [0.29, 0.717) is 11.6 Å². The maximum Gasteiger partial charge on any atom is 0.160 e. The predicted molar refractivity (Wildman–Crippen MR) is 528 cm³/mol. The average Bonchev–Trinajstić information content (AvgIpc) is 1.57. The number of hydrogen-bond donors (Lipinski definition) is 2. The number of halogens is 1. The first-order chi connectivity index (χ1) is 61.8. The zero-order valence-corrected chi connectivity index (χ0v) is 69.2. The van der Waals surface area contributed by atoms with Crippen LogP contribution in [0.25, 0.3) is 223 Å². The molecule has 10 nitrogen and oxygen atoms in total. The minimum absolute atomic E-state index is 0. The highest BCUT2D eigenvalue weighted by atomic mass is 79.9. The molecule has 0 atom stereocenters. The van der Waals surface area contributed by atoms with E-state index in [0.717, 1.165) is 139 Å². The molecular weight excluding hydrogens is 1600 g/mol. The minimum atomic E-state index is 0. The van der Waals surface area contributed by atoms with Crippen LogP contribution in [-0.4, -0.2) is 49.0 Å². The van der Waals surface area contributed by atoms with Crippen LogP contribution >= 0.6 is 15.9 Å². The first-order valence-corrected chi connectivity index (χ1v) is 42.7. The molecule has 0 radical (unpaired) electrons. The van der Waals surface area contributed by atoms with Crippen molar-refractivity contribution in [1.29, 1.82) is 0 Å². The second-order valence-electron chi connectivity index (χ2n) is 31.2. The molecule has 0 unspecified atom stereocenters. The molecule has 0 spiro atoms. The Bertz CT molecular complexity index is 7540. The van der Waals surface area contributed by atoms with E-state index in [1.54, 1.807) is 0 Å². The molecule has 0 saturated carbocycles. The Morgan fingerprint density at radius 1 is 0.175 bits per heavy atom. The van der Waals surface area contributed by atoms with Crippen LogP contribution in [0.1, 0.15) is 7.43 Å². The first-order valence-electron chi connectivity index (χ1n) is 41.9. The molecule has 2 N–H and O–H groups in total. The fraction of sp³-hybridized carbons (Fsp3) is 0.00870. The zero-order chi connectivity index (χ0) is 83.1. The van der Waals surface area contributed by atoms with Crippen LogP contribution in [0.4, 0.5) is 0 Å². The average molecular weight is 1680 g/mol. The summed E-state index contributed by atoms with van der Waals surface area (Å²) in [4.78, 5) is 37.1. The number of rotatable bonds is 13. The monoisotopic (exact) mass is 1680 g/mol. The second-order valence-corrected chi connectivity index (χ2v) is 32.1. The van der Waals surface area contributed by atoms with Crippen molar-refractivity contribution in [3.8, 4) is 135 Å². The van der Waals surface area contributed by atoms with Crippen LogP contribution in [-0.2, 0) is 0 Å². The summed E-state index contributed by atoms with van der Waals surface area (Å²) in [5.41, 5.74) is 30.8. The van der Waals surface area contributed by atoms with E-state index in [2.05, 4.69) is 338 Å². The summed E-state index contributed by atoms with van der Waals surface area (Å²) in [5, 5.41) is 9.91. The Morgan fingerprint density at radius 3 is 0.714 bits per heavy atom. The lowest BCUT2D eigenvalue weighted by Gasteiger charge is -2.12. The molecule has 0 aliphatic rings. The number of hydrogen-bond acceptors (Lipinski definition) is 6. The topological polar surface area (TPSA) is 119 Å². The Balaban J connectivity index is 0.000000150. The lowest BCUT2D eigenvalue weighted by Crippen LogP contribution is -1.97. The number of para-hydroxylation sites is 4. The molecule has 126 heavy (non-hydrogen) atoms. The van der Waals surface area contributed by atoms with Crippen molar-refractivity contribution < 1.29 is 0 Å². The van der Waals surface area contributed by atoms with Gasteiger partial charge in [-0.1, -0.05) is 339 Å². The van der Waals surface area contributed by atoms with Gasteiger partial charge in [-0.3, -0.25) is 0 Å². The van der Waals surface area contributed by atoms with E-state index in [1.807, 2.05) is 140 Å². The summed E-state index contributed by atoms with van der Waals surface area (Å²) in [6.45, 7) is 0. The number of aromatic nitrogens is 10. The molecule has 0 saturated heterocycles. The van der Waals surface area contributed by atoms with Crippen LogP contribution in [0.5, 0.6) is 0 Å². The molecule has 24 aromatic rings. The van der Waals surface area contributed by atoms with Crippen molar-refractivity contribution in [2.45, 2.75) is 7.43 Å². The van der Waals surface area contributed by atoms with Crippen molar-refractivity contribution in [1.82, 2.24) is 49.0 Å². The quantitative estimate of drug-likeness (QED) is 0.119. The highest BCUT2D eigenvalue weighted by Gasteiger charge is 2.21. The Hall–Kier alpha value is -16.3. The maximum atomic E-state index is 5.11. The van der Waals surface area contributed by atoms with Crippen LogP contribution < -0.4 is 0 Å². The molecule has 11 heteroatoms. The van der Waals surface area contributed by atoms with Crippen molar-refractivity contribution >= 4 is 103 Å². The number of H-pyrrole nitrogens is 2. The molecule has 0 aliphatic heterocycles. The van der Waals surface area contributed by atoms with E-state index in [-0.39, 0.29) is 7.43 Å². The number of fused-ring (bicyclic) bond motifs is 12. The number of nitrogens with one attached hydrogen (secondary N) is 2. The van der Waals surface area contributed by atoms with E-state index in [9.17, 15) is 0 Å². The number of aromatic amines is 2. The summed E-state index contributed by atoms with van der Waals surface area (Å²) in [6, 6.07) is 155. The molecule has 17 aromatic carbocycles. The second kappa shape index (κ2) is 33.6. The Kier molecular flexibility index (Phi) is 20.5. The van der Waals surface area contributed by atoms with Gasteiger partial charge in [0, 0.05) is 131 Å².